The summed E-state index contributed by atoms with van der Waals surface area (Å²) in [6.07, 6.45) is 5.98. The van der Waals surface area contributed by atoms with E-state index in [0.29, 0.717) is 6.42 Å². The van der Waals surface area contributed by atoms with Gasteiger partial charge in [0, 0.05) is 6.20 Å². The third kappa shape index (κ3) is 2.30. The van der Waals surface area contributed by atoms with E-state index in [-0.39, 0.29) is 5.92 Å². The van der Waals surface area contributed by atoms with Crippen molar-refractivity contribution in [3.63, 3.8) is 0 Å². The number of hydrogen-bond acceptors (Lipinski definition) is 2. The molecule has 2 rings (SSSR count). The van der Waals surface area contributed by atoms with E-state index in [9.17, 15) is 4.79 Å². The Labute approximate surface area is 94.8 Å². The quantitative estimate of drug-likeness (QED) is 0.828. The van der Waals surface area contributed by atoms with E-state index >= 15 is 0 Å². The topological polar surface area (TPSA) is 50.2 Å². The van der Waals surface area contributed by atoms with Crippen molar-refractivity contribution >= 4 is 11.5 Å². The number of aromatic nitrogens is 1. The lowest BCUT2D eigenvalue weighted by molar-refractivity contribution is -0.141. The highest BCUT2D eigenvalue weighted by molar-refractivity contribution is 5.73. The molecular weight excluding hydrogens is 202 g/mol. The minimum absolute atomic E-state index is 0.214. The Hall–Kier alpha value is -1.64. The normalized spacial score (nSPS) is 20.3. The maximum absolute atomic E-state index is 10.8. The van der Waals surface area contributed by atoms with E-state index in [0.717, 1.165) is 18.5 Å². The molecule has 1 aliphatic rings. The number of rotatable bonds is 2. The molecule has 1 aromatic heterocycles. The second-order valence-corrected chi connectivity index (χ2v) is 4.26. The van der Waals surface area contributed by atoms with Gasteiger partial charge >= 0.3 is 5.97 Å². The first kappa shape index (κ1) is 10.9. The van der Waals surface area contributed by atoms with Crippen molar-refractivity contribution < 1.29 is 9.90 Å². The molecule has 0 radical (unpaired) electrons. The number of hydrogen-bond donors (Lipinski definition) is 1. The molecule has 0 aliphatic heterocycles. The maximum atomic E-state index is 10.8. The van der Waals surface area contributed by atoms with Gasteiger partial charge in [0.05, 0.1) is 11.6 Å². The number of aliphatic carboxylic acids is 1. The summed E-state index contributed by atoms with van der Waals surface area (Å²) in [5.74, 6) is -0.902. The molecule has 1 aliphatic carbocycles. The summed E-state index contributed by atoms with van der Waals surface area (Å²) in [4.78, 5) is 15.1. The third-order valence-electron chi connectivity index (χ3n) is 3.00. The molecule has 0 spiro atoms. The van der Waals surface area contributed by atoms with Gasteiger partial charge in [-0.15, -0.1) is 0 Å². The fraction of sp³-hybridized carbons (Fsp3) is 0.385. The van der Waals surface area contributed by atoms with E-state index < -0.39 is 5.97 Å². The van der Waals surface area contributed by atoms with E-state index in [1.165, 1.54) is 11.1 Å². The SMILES string of the molecule is Cc1ccnc(C2=CCC(C(=O)O)CC2)c1. The molecule has 0 bridgehead atoms. The van der Waals surface area contributed by atoms with Crippen LogP contribution in [0.1, 0.15) is 30.5 Å². The molecule has 3 nitrogen and oxygen atoms in total. The molecule has 0 aromatic carbocycles. The fourth-order valence-corrected chi connectivity index (χ4v) is 2.00. The number of carboxylic acids is 1. The molecule has 3 heteroatoms. The molecule has 16 heavy (non-hydrogen) atoms. The number of allylic oxidation sites excluding steroid dienone is 2. The van der Waals surface area contributed by atoms with Crippen LogP contribution < -0.4 is 0 Å². The zero-order chi connectivity index (χ0) is 11.5. The first-order chi connectivity index (χ1) is 7.66. The van der Waals surface area contributed by atoms with Crippen LogP contribution in [-0.2, 0) is 4.79 Å². The second-order valence-electron chi connectivity index (χ2n) is 4.26. The Morgan fingerprint density at radius 2 is 2.38 bits per heavy atom. The fourth-order valence-electron chi connectivity index (χ4n) is 2.00. The van der Waals surface area contributed by atoms with Crippen LogP contribution in [0.5, 0.6) is 0 Å². The number of carbonyl (C=O) groups is 1. The van der Waals surface area contributed by atoms with Gasteiger partial charge < -0.3 is 5.11 Å². The summed E-state index contributed by atoms with van der Waals surface area (Å²) < 4.78 is 0. The van der Waals surface area contributed by atoms with Crippen LogP contribution in [0.3, 0.4) is 0 Å². The first-order valence-corrected chi connectivity index (χ1v) is 5.51. The number of carboxylic acid groups (broad SMARTS) is 1. The van der Waals surface area contributed by atoms with Crippen molar-refractivity contribution in [2.45, 2.75) is 26.2 Å². The van der Waals surface area contributed by atoms with Gasteiger partial charge in [0.25, 0.3) is 0 Å². The van der Waals surface area contributed by atoms with Crippen molar-refractivity contribution in [2.75, 3.05) is 0 Å². The van der Waals surface area contributed by atoms with Crippen LogP contribution >= 0.6 is 0 Å². The molecule has 1 atom stereocenters. The lowest BCUT2D eigenvalue weighted by Gasteiger charge is -2.18. The van der Waals surface area contributed by atoms with Crippen LogP contribution in [0.2, 0.25) is 0 Å². The number of pyridine rings is 1. The Balaban J connectivity index is 2.16. The summed E-state index contributed by atoms with van der Waals surface area (Å²) >= 11 is 0. The zero-order valence-electron chi connectivity index (χ0n) is 9.31. The minimum atomic E-state index is -0.687. The molecule has 1 heterocycles. The first-order valence-electron chi connectivity index (χ1n) is 5.51. The summed E-state index contributed by atoms with van der Waals surface area (Å²) in [7, 11) is 0. The Kier molecular flexibility index (Phi) is 3.04. The summed E-state index contributed by atoms with van der Waals surface area (Å²) in [6.45, 7) is 2.04. The summed E-state index contributed by atoms with van der Waals surface area (Å²) in [5.41, 5.74) is 3.36. The standard InChI is InChI=1S/C13H15NO2/c1-9-6-7-14-12(8-9)10-2-4-11(5-3-10)13(15)16/h2,6-8,11H,3-5H2,1H3,(H,15,16). The predicted octanol–water partition coefficient (Wildman–Crippen LogP) is 2.66. The van der Waals surface area contributed by atoms with Crippen molar-refractivity contribution in [2.24, 2.45) is 5.92 Å². The van der Waals surface area contributed by atoms with Gasteiger partial charge in [-0.25, -0.2) is 0 Å². The zero-order valence-corrected chi connectivity index (χ0v) is 9.31. The van der Waals surface area contributed by atoms with Gasteiger partial charge in [-0.05, 0) is 49.5 Å². The minimum Gasteiger partial charge on any atom is -0.481 e. The van der Waals surface area contributed by atoms with Crippen molar-refractivity contribution in [3.8, 4) is 0 Å². The van der Waals surface area contributed by atoms with Crippen molar-refractivity contribution in [1.29, 1.82) is 0 Å². The summed E-state index contributed by atoms with van der Waals surface area (Å²) in [6, 6.07) is 4.01. The van der Waals surface area contributed by atoms with Gasteiger partial charge in [-0.3, -0.25) is 9.78 Å². The molecule has 1 unspecified atom stereocenters. The van der Waals surface area contributed by atoms with Gasteiger partial charge in [0.2, 0.25) is 0 Å². The van der Waals surface area contributed by atoms with Crippen LogP contribution in [0.4, 0.5) is 0 Å². The lowest BCUT2D eigenvalue weighted by atomic mass is 9.88. The largest absolute Gasteiger partial charge is 0.481 e. The van der Waals surface area contributed by atoms with Crippen LogP contribution in [-0.4, -0.2) is 16.1 Å². The van der Waals surface area contributed by atoms with E-state index in [2.05, 4.69) is 4.98 Å². The number of nitrogens with zero attached hydrogens (tertiary/aromatic N) is 1. The molecule has 84 valence electrons. The van der Waals surface area contributed by atoms with Gasteiger partial charge in [0.15, 0.2) is 0 Å². The Morgan fingerprint density at radius 1 is 1.56 bits per heavy atom. The molecule has 1 N–H and O–H groups in total. The van der Waals surface area contributed by atoms with Gasteiger partial charge in [-0.2, -0.15) is 0 Å². The smallest absolute Gasteiger partial charge is 0.306 e. The van der Waals surface area contributed by atoms with Gasteiger partial charge in [0.1, 0.15) is 0 Å². The van der Waals surface area contributed by atoms with E-state index in [1.807, 2.05) is 25.1 Å². The van der Waals surface area contributed by atoms with E-state index in [1.54, 1.807) is 6.20 Å². The maximum Gasteiger partial charge on any atom is 0.306 e. The third-order valence-corrected chi connectivity index (χ3v) is 3.00. The molecule has 0 amide bonds. The monoisotopic (exact) mass is 217 g/mol. The molecular formula is C13H15NO2. The van der Waals surface area contributed by atoms with Crippen molar-refractivity contribution in [1.82, 2.24) is 4.98 Å². The average Bonchev–Trinajstić information content (AvgIpc) is 2.29. The molecule has 0 saturated heterocycles. The highest BCUT2D eigenvalue weighted by Crippen LogP contribution is 2.29. The Morgan fingerprint density at radius 3 is 2.94 bits per heavy atom. The van der Waals surface area contributed by atoms with Crippen LogP contribution in [0.25, 0.3) is 5.57 Å². The average molecular weight is 217 g/mol. The van der Waals surface area contributed by atoms with Gasteiger partial charge in [-0.1, -0.05) is 6.08 Å². The molecule has 0 saturated carbocycles. The highest BCUT2D eigenvalue weighted by Gasteiger charge is 2.21. The predicted molar refractivity (Wildman–Crippen MR) is 61.9 cm³/mol. The van der Waals surface area contributed by atoms with E-state index in [4.69, 9.17) is 5.11 Å². The van der Waals surface area contributed by atoms with Crippen molar-refractivity contribution in [3.05, 3.63) is 35.7 Å². The highest BCUT2D eigenvalue weighted by atomic mass is 16.4. The molecule has 1 aromatic rings. The second kappa shape index (κ2) is 4.47. The lowest BCUT2D eigenvalue weighted by Crippen LogP contribution is -2.15. The van der Waals surface area contributed by atoms with Crippen LogP contribution in [0, 0.1) is 12.8 Å². The Bertz CT molecular complexity index is 437. The molecule has 0 fully saturated rings. The van der Waals surface area contributed by atoms with Crippen LogP contribution in [0.15, 0.2) is 24.4 Å². The number of aryl methyl sites for hydroxylation is 1. The summed E-state index contributed by atoms with van der Waals surface area (Å²) in [5, 5.41) is 8.89.